The van der Waals surface area contributed by atoms with Crippen LogP contribution in [0.5, 0.6) is 0 Å². The molecule has 0 spiro atoms. The molecule has 0 radical (unpaired) electrons. The molecule has 0 atom stereocenters. The average Bonchev–Trinajstić information content (AvgIpc) is 3.12. The number of hydrogen-bond donors (Lipinski definition) is 0. The Labute approximate surface area is 159 Å². The van der Waals surface area contributed by atoms with Crippen molar-refractivity contribution in [3.63, 3.8) is 0 Å². The molecule has 5 heteroatoms. The fraction of sp³-hybridized carbons (Fsp3) is 0.364. The molecule has 5 nitrogen and oxygen atoms in total. The van der Waals surface area contributed by atoms with Gasteiger partial charge in [-0.3, -0.25) is 4.98 Å². The quantitative estimate of drug-likeness (QED) is 0.689. The molecule has 138 valence electrons. The van der Waals surface area contributed by atoms with Gasteiger partial charge in [0.1, 0.15) is 5.82 Å². The molecule has 0 bridgehead atoms. The number of likely N-dealkylation sites (N-methyl/N-ethyl adjacent to an activating group) is 1. The lowest BCUT2D eigenvalue weighted by Crippen LogP contribution is -2.37. The standard InChI is InChI=1S/C22H25N5/c1-16-12-19(18-8-4-5-9-21(18)24-16)20-13-23-27-15-17(14-25(2)22(20)27)26-10-6-3-7-11-26/h4-5,8-9,12-13,15H,3,6-7,10-11,14H2,1-2H3. The highest BCUT2D eigenvalue weighted by atomic mass is 15.4. The van der Waals surface area contributed by atoms with Gasteiger partial charge in [0, 0.05) is 36.8 Å². The Morgan fingerprint density at radius 1 is 1.00 bits per heavy atom. The molecule has 1 saturated heterocycles. The Morgan fingerprint density at radius 3 is 2.67 bits per heavy atom. The van der Waals surface area contributed by atoms with Crippen LogP contribution in [0.25, 0.3) is 28.2 Å². The Morgan fingerprint density at radius 2 is 1.81 bits per heavy atom. The molecule has 3 aromatic rings. The van der Waals surface area contributed by atoms with E-state index in [0.29, 0.717) is 0 Å². The number of para-hydroxylation sites is 1. The first kappa shape index (κ1) is 16.4. The van der Waals surface area contributed by atoms with E-state index >= 15 is 0 Å². The van der Waals surface area contributed by atoms with Crippen LogP contribution < -0.4 is 4.90 Å². The van der Waals surface area contributed by atoms with Crippen LogP contribution in [0.15, 0.2) is 42.2 Å². The number of piperidine rings is 1. The first-order valence-electron chi connectivity index (χ1n) is 9.82. The summed E-state index contributed by atoms with van der Waals surface area (Å²) in [7, 11) is 2.17. The zero-order valence-corrected chi connectivity index (χ0v) is 16.0. The van der Waals surface area contributed by atoms with E-state index in [9.17, 15) is 0 Å². The van der Waals surface area contributed by atoms with E-state index in [-0.39, 0.29) is 0 Å². The van der Waals surface area contributed by atoms with E-state index in [1.807, 2.05) is 16.9 Å². The zero-order chi connectivity index (χ0) is 18.4. The third-order valence-corrected chi connectivity index (χ3v) is 5.70. The zero-order valence-electron chi connectivity index (χ0n) is 16.0. The van der Waals surface area contributed by atoms with Crippen LogP contribution in [0.3, 0.4) is 0 Å². The van der Waals surface area contributed by atoms with Gasteiger partial charge in [0.25, 0.3) is 0 Å². The summed E-state index contributed by atoms with van der Waals surface area (Å²) < 4.78 is 2.05. The number of hydrogen-bond acceptors (Lipinski definition) is 4. The molecule has 1 fully saturated rings. The summed E-state index contributed by atoms with van der Waals surface area (Å²) >= 11 is 0. The Hall–Kier alpha value is -2.82. The van der Waals surface area contributed by atoms with Crippen molar-refractivity contribution in [1.82, 2.24) is 19.7 Å². The molecule has 27 heavy (non-hydrogen) atoms. The maximum Gasteiger partial charge on any atom is 0.139 e. The van der Waals surface area contributed by atoms with Gasteiger partial charge in [0.05, 0.1) is 30.2 Å². The lowest BCUT2D eigenvalue weighted by Gasteiger charge is -2.36. The number of pyridine rings is 1. The second kappa shape index (κ2) is 6.41. The minimum atomic E-state index is 0.931. The van der Waals surface area contributed by atoms with E-state index in [2.05, 4.69) is 54.2 Å². The SMILES string of the molecule is Cc1cc(-c2cnn3c2N(C)CC(N2CCCCC2)=C3)c2ccccc2n1. The lowest BCUT2D eigenvalue weighted by atomic mass is 10.0. The maximum absolute atomic E-state index is 4.72. The maximum atomic E-state index is 4.72. The summed E-state index contributed by atoms with van der Waals surface area (Å²) in [6, 6.07) is 10.5. The normalized spacial score (nSPS) is 17.2. The van der Waals surface area contributed by atoms with E-state index in [1.165, 1.54) is 41.5 Å². The first-order chi connectivity index (χ1) is 13.2. The Balaban J connectivity index is 1.62. The molecule has 2 aliphatic heterocycles. The predicted molar refractivity (Wildman–Crippen MR) is 111 cm³/mol. The third kappa shape index (κ3) is 2.78. The van der Waals surface area contributed by atoms with Gasteiger partial charge in [0.2, 0.25) is 0 Å². The predicted octanol–water partition coefficient (Wildman–Crippen LogP) is 4.14. The highest BCUT2D eigenvalue weighted by Gasteiger charge is 2.25. The molecule has 2 aliphatic rings. The number of anilines is 1. The second-order valence-corrected chi connectivity index (χ2v) is 7.68. The summed E-state index contributed by atoms with van der Waals surface area (Å²) in [6.45, 7) is 5.32. The highest BCUT2D eigenvalue weighted by Crippen LogP contribution is 2.37. The fourth-order valence-electron chi connectivity index (χ4n) is 4.41. The lowest BCUT2D eigenvalue weighted by molar-refractivity contribution is 0.281. The number of likely N-dealkylation sites (tertiary alicyclic amines) is 1. The number of fused-ring (bicyclic) bond motifs is 2. The largest absolute Gasteiger partial charge is 0.372 e. The van der Waals surface area contributed by atoms with Crippen LogP contribution >= 0.6 is 0 Å². The van der Waals surface area contributed by atoms with Gasteiger partial charge in [-0.25, -0.2) is 4.68 Å². The van der Waals surface area contributed by atoms with Gasteiger partial charge in [0.15, 0.2) is 0 Å². The van der Waals surface area contributed by atoms with Gasteiger partial charge >= 0.3 is 0 Å². The number of nitrogens with zero attached hydrogens (tertiary/aromatic N) is 5. The van der Waals surface area contributed by atoms with Gasteiger partial charge < -0.3 is 9.80 Å². The van der Waals surface area contributed by atoms with E-state index < -0.39 is 0 Å². The third-order valence-electron chi connectivity index (χ3n) is 5.70. The second-order valence-electron chi connectivity index (χ2n) is 7.68. The van der Waals surface area contributed by atoms with Crippen molar-refractivity contribution >= 4 is 22.9 Å². The van der Waals surface area contributed by atoms with Crippen LogP contribution in [0.1, 0.15) is 25.0 Å². The van der Waals surface area contributed by atoms with Crippen LogP contribution in [-0.2, 0) is 0 Å². The van der Waals surface area contributed by atoms with E-state index in [0.717, 1.165) is 36.7 Å². The van der Waals surface area contributed by atoms with Gasteiger partial charge in [-0.05, 0) is 43.9 Å². The molecular weight excluding hydrogens is 334 g/mol. The van der Waals surface area contributed by atoms with Crippen LogP contribution in [0.4, 0.5) is 5.82 Å². The number of aryl methyl sites for hydroxylation is 1. The Kier molecular flexibility index (Phi) is 3.88. The van der Waals surface area contributed by atoms with Gasteiger partial charge in [-0.2, -0.15) is 5.10 Å². The Bertz CT molecular complexity index is 1030. The first-order valence-corrected chi connectivity index (χ1v) is 9.82. The van der Waals surface area contributed by atoms with E-state index in [4.69, 9.17) is 10.1 Å². The van der Waals surface area contributed by atoms with Crippen LogP contribution in [-0.4, -0.2) is 46.3 Å². The topological polar surface area (TPSA) is 37.2 Å². The van der Waals surface area contributed by atoms with Crippen molar-refractivity contribution in [2.24, 2.45) is 0 Å². The molecule has 2 aromatic heterocycles. The van der Waals surface area contributed by atoms with Crippen molar-refractivity contribution in [3.8, 4) is 11.1 Å². The van der Waals surface area contributed by atoms with Gasteiger partial charge in [-0.1, -0.05) is 18.2 Å². The summed E-state index contributed by atoms with van der Waals surface area (Å²) in [5, 5.41) is 5.90. The monoisotopic (exact) mass is 359 g/mol. The molecule has 5 rings (SSSR count). The van der Waals surface area contributed by atoms with Crippen molar-refractivity contribution in [2.75, 3.05) is 31.6 Å². The smallest absolute Gasteiger partial charge is 0.139 e. The van der Waals surface area contributed by atoms with Crippen molar-refractivity contribution in [1.29, 1.82) is 0 Å². The number of rotatable bonds is 2. The molecule has 0 amide bonds. The summed E-state index contributed by atoms with van der Waals surface area (Å²) in [6.07, 6.45) is 8.16. The molecular formula is C22H25N5. The summed E-state index contributed by atoms with van der Waals surface area (Å²) in [5.74, 6) is 1.16. The summed E-state index contributed by atoms with van der Waals surface area (Å²) in [4.78, 5) is 9.55. The molecule has 1 aromatic carbocycles. The van der Waals surface area contributed by atoms with Crippen molar-refractivity contribution < 1.29 is 0 Å². The highest BCUT2D eigenvalue weighted by molar-refractivity contribution is 5.97. The van der Waals surface area contributed by atoms with Gasteiger partial charge in [-0.15, -0.1) is 0 Å². The van der Waals surface area contributed by atoms with Crippen LogP contribution in [0, 0.1) is 6.92 Å². The van der Waals surface area contributed by atoms with Crippen LogP contribution in [0.2, 0.25) is 0 Å². The fourth-order valence-corrected chi connectivity index (χ4v) is 4.41. The van der Waals surface area contributed by atoms with Crippen molar-refractivity contribution in [3.05, 3.63) is 47.9 Å². The molecule has 0 saturated carbocycles. The minimum Gasteiger partial charge on any atom is -0.372 e. The molecule has 0 aliphatic carbocycles. The molecule has 0 N–H and O–H groups in total. The minimum absolute atomic E-state index is 0.931. The number of aromatic nitrogens is 3. The van der Waals surface area contributed by atoms with Crippen molar-refractivity contribution in [2.45, 2.75) is 26.2 Å². The molecule has 4 heterocycles. The summed E-state index contributed by atoms with van der Waals surface area (Å²) in [5.41, 5.74) is 5.83. The number of benzene rings is 1. The molecule has 0 unspecified atom stereocenters. The van der Waals surface area contributed by atoms with E-state index in [1.54, 1.807) is 0 Å². The average molecular weight is 359 g/mol.